The van der Waals surface area contributed by atoms with Gasteiger partial charge in [-0.1, -0.05) is 32.0 Å². The minimum absolute atomic E-state index is 0.0289. The lowest BCUT2D eigenvalue weighted by molar-refractivity contribution is -0.118. The molecule has 0 saturated heterocycles. The summed E-state index contributed by atoms with van der Waals surface area (Å²) in [6.45, 7) is 8.17. The molecular formula is C22H24N2O2. The molecule has 0 aliphatic rings. The Labute approximate surface area is 154 Å². The van der Waals surface area contributed by atoms with Gasteiger partial charge in [0.25, 0.3) is 5.91 Å². The van der Waals surface area contributed by atoms with Crippen molar-refractivity contribution in [3.63, 3.8) is 0 Å². The molecule has 26 heavy (non-hydrogen) atoms. The number of pyridine rings is 1. The van der Waals surface area contributed by atoms with E-state index in [0.717, 1.165) is 39.2 Å². The SMILES string of the molecule is Cc1ccc(C(C)C)c(OCC(=O)Nc2cccc3nc(C)ccc23)c1. The van der Waals surface area contributed by atoms with Crippen LogP contribution in [0.2, 0.25) is 0 Å². The van der Waals surface area contributed by atoms with E-state index in [-0.39, 0.29) is 12.5 Å². The van der Waals surface area contributed by atoms with Crippen LogP contribution in [0.4, 0.5) is 5.69 Å². The molecule has 1 aromatic heterocycles. The first-order valence-electron chi connectivity index (χ1n) is 8.83. The molecule has 0 fully saturated rings. The van der Waals surface area contributed by atoms with Gasteiger partial charge in [-0.15, -0.1) is 0 Å². The van der Waals surface area contributed by atoms with Gasteiger partial charge in [-0.3, -0.25) is 9.78 Å². The summed E-state index contributed by atoms with van der Waals surface area (Å²) in [5.41, 5.74) is 4.78. The van der Waals surface area contributed by atoms with Crippen LogP contribution in [0.5, 0.6) is 5.75 Å². The quantitative estimate of drug-likeness (QED) is 0.706. The topological polar surface area (TPSA) is 51.2 Å². The largest absolute Gasteiger partial charge is 0.483 e. The van der Waals surface area contributed by atoms with Crippen LogP contribution < -0.4 is 10.1 Å². The Hall–Kier alpha value is -2.88. The molecule has 0 aliphatic heterocycles. The lowest BCUT2D eigenvalue weighted by atomic mass is 10.0. The van der Waals surface area contributed by atoms with Gasteiger partial charge in [-0.05, 0) is 61.2 Å². The summed E-state index contributed by atoms with van der Waals surface area (Å²) in [7, 11) is 0. The number of carbonyl (C=O) groups is 1. The molecule has 3 aromatic rings. The van der Waals surface area contributed by atoms with Crippen molar-refractivity contribution in [2.45, 2.75) is 33.6 Å². The minimum atomic E-state index is -0.186. The van der Waals surface area contributed by atoms with Crippen molar-refractivity contribution in [3.8, 4) is 5.75 Å². The number of amides is 1. The maximum atomic E-state index is 12.4. The number of hydrogen-bond acceptors (Lipinski definition) is 3. The Morgan fingerprint density at radius 2 is 1.92 bits per heavy atom. The number of rotatable bonds is 5. The number of benzene rings is 2. The van der Waals surface area contributed by atoms with Crippen LogP contribution in [-0.2, 0) is 4.79 Å². The average Bonchev–Trinajstić information content (AvgIpc) is 2.59. The summed E-state index contributed by atoms with van der Waals surface area (Å²) < 4.78 is 5.82. The van der Waals surface area contributed by atoms with Crippen molar-refractivity contribution >= 4 is 22.5 Å². The molecule has 0 bridgehead atoms. The van der Waals surface area contributed by atoms with Crippen LogP contribution in [0.3, 0.4) is 0 Å². The zero-order valence-corrected chi connectivity index (χ0v) is 15.7. The van der Waals surface area contributed by atoms with Crippen molar-refractivity contribution < 1.29 is 9.53 Å². The molecule has 0 unspecified atom stereocenters. The van der Waals surface area contributed by atoms with Gasteiger partial charge in [0.2, 0.25) is 0 Å². The van der Waals surface area contributed by atoms with E-state index in [0.29, 0.717) is 5.92 Å². The van der Waals surface area contributed by atoms with E-state index in [1.807, 2.05) is 50.2 Å². The minimum Gasteiger partial charge on any atom is -0.483 e. The fraction of sp³-hybridized carbons (Fsp3) is 0.273. The smallest absolute Gasteiger partial charge is 0.262 e. The lowest BCUT2D eigenvalue weighted by Gasteiger charge is -2.15. The molecular weight excluding hydrogens is 324 g/mol. The molecule has 4 heteroatoms. The van der Waals surface area contributed by atoms with Crippen LogP contribution in [0.1, 0.15) is 36.6 Å². The summed E-state index contributed by atoms with van der Waals surface area (Å²) in [6.07, 6.45) is 0. The standard InChI is InChI=1S/C22H24N2O2/c1-14(2)17-10-8-15(3)12-21(17)26-13-22(25)24-20-7-5-6-19-18(20)11-9-16(4)23-19/h5-12,14H,13H2,1-4H3,(H,24,25). The maximum Gasteiger partial charge on any atom is 0.262 e. The zero-order valence-electron chi connectivity index (χ0n) is 15.7. The van der Waals surface area contributed by atoms with E-state index in [1.165, 1.54) is 0 Å². The van der Waals surface area contributed by atoms with Gasteiger partial charge in [0.15, 0.2) is 6.61 Å². The molecule has 134 valence electrons. The molecule has 0 radical (unpaired) electrons. The van der Waals surface area contributed by atoms with E-state index in [2.05, 4.69) is 36.3 Å². The van der Waals surface area contributed by atoms with E-state index in [1.54, 1.807) is 0 Å². The number of nitrogens with one attached hydrogen (secondary N) is 1. The Balaban J connectivity index is 1.74. The van der Waals surface area contributed by atoms with Crippen molar-refractivity contribution in [1.29, 1.82) is 0 Å². The highest BCUT2D eigenvalue weighted by molar-refractivity contribution is 6.01. The summed E-state index contributed by atoms with van der Waals surface area (Å²) in [6, 6.07) is 15.7. The van der Waals surface area contributed by atoms with Gasteiger partial charge >= 0.3 is 0 Å². The second-order valence-corrected chi connectivity index (χ2v) is 6.86. The predicted molar refractivity (Wildman–Crippen MR) is 106 cm³/mol. The number of ether oxygens (including phenoxy) is 1. The van der Waals surface area contributed by atoms with E-state index < -0.39 is 0 Å². The normalized spacial score (nSPS) is 11.0. The molecule has 0 spiro atoms. The lowest BCUT2D eigenvalue weighted by Crippen LogP contribution is -2.20. The Morgan fingerprint density at radius 1 is 1.12 bits per heavy atom. The number of nitrogens with zero attached hydrogens (tertiary/aromatic N) is 1. The fourth-order valence-corrected chi connectivity index (χ4v) is 2.94. The monoisotopic (exact) mass is 348 g/mol. The highest BCUT2D eigenvalue weighted by Gasteiger charge is 2.11. The third-order valence-corrected chi connectivity index (χ3v) is 4.30. The molecule has 2 aromatic carbocycles. The van der Waals surface area contributed by atoms with E-state index in [4.69, 9.17) is 4.74 Å². The highest BCUT2D eigenvalue weighted by atomic mass is 16.5. The van der Waals surface area contributed by atoms with E-state index in [9.17, 15) is 4.79 Å². The zero-order chi connectivity index (χ0) is 18.7. The summed E-state index contributed by atoms with van der Waals surface area (Å²) in [5.74, 6) is 0.917. The van der Waals surface area contributed by atoms with Crippen LogP contribution in [0, 0.1) is 13.8 Å². The van der Waals surface area contributed by atoms with Crippen molar-refractivity contribution in [2.24, 2.45) is 0 Å². The number of fused-ring (bicyclic) bond motifs is 1. The predicted octanol–water partition coefficient (Wildman–Crippen LogP) is 4.99. The van der Waals surface area contributed by atoms with Crippen LogP contribution >= 0.6 is 0 Å². The van der Waals surface area contributed by atoms with Gasteiger partial charge in [-0.25, -0.2) is 0 Å². The second-order valence-electron chi connectivity index (χ2n) is 6.86. The Kier molecular flexibility index (Phi) is 5.21. The van der Waals surface area contributed by atoms with Crippen molar-refractivity contribution in [3.05, 3.63) is 65.4 Å². The first kappa shape index (κ1) is 17.9. The molecule has 0 saturated carbocycles. The van der Waals surface area contributed by atoms with Crippen LogP contribution in [0.15, 0.2) is 48.5 Å². The van der Waals surface area contributed by atoms with Crippen LogP contribution in [0.25, 0.3) is 10.9 Å². The molecule has 1 N–H and O–H groups in total. The Morgan fingerprint density at radius 3 is 2.69 bits per heavy atom. The molecule has 4 nitrogen and oxygen atoms in total. The van der Waals surface area contributed by atoms with Crippen LogP contribution in [-0.4, -0.2) is 17.5 Å². The number of carbonyl (C=O) groups excluding carboxylic acids is 1. The maximum absolute atomic E-state index is 12.4. The van der Waals surface area contributed by atoms with Gasteiger partial charge in [0.05, 0.1) is 11.2 Å². The number of aryl methyl sites for hydroxylation is 2. The molecule has 0 atom stereocenters. The Bertz CT molecular complexity index is 948. The van der Waals surface area contributed by atoms with Gasteiger partial charge in [-0.2, -0.15) is 0 Å². The third kappa shape index (κ3) is 4.02. The number of aromatic nitrogens is 1. The fourth-order valence-electron chi connectivity index (χ4n) is 2.94. The van der Waals surface area contributed by atoms with Gasteiger partial charge < -0.3 is 10.1 Å². The van der Waals surface area contributed by atoms with Crippen molar-refractivity contribution in [2.75, 3.05) is 11.9 Å². The van der Waals surface area contributed by atoms with Gasteiger partial charge in [0.1, 0.15) is 5.75 Å². The second kappa shape index (κ2) is 7.56. The third-order valence-electron chi connectivity index (χ3n) is 4.30. The highest BCUT2D eigenvalue weighted by Crippen LogP contribution is 2.27. The van der Waals surface area contributed by atoms with E-state index >= 15 is 0 Å². The first-order chi connectivity index (χ1) is 12.4. The van der Waals surface area contributed by atoms with Gasteiger partial charge in [0, 0.05) is 11.1 Å². The summed E-state index contributed by atoms with van der Waals surface area (Å²) >= 11 is 0. The molecule has 1 heterocycles. The van der Waals surface area contributed by atoms with Crippen molar-refractivity contribution in [1.82, 2.24) is 4.98 Å². The first-order valence-corrected chi connectivity index (χ1v) is 8.83. The summed E-state index contributed by atoms with van der Waals surface area (Å²) in [5, 5.41) is 3.86. The molecule has 3 rings (SSSR count). The summed E-state index contributed by atoms with van der Waals surface area (Å²) in [4.78, 5) is 16.9. The molecule has 1 amide bonds. The number of hydrogen-bond donors (Lipinski definition) is 1. The average molecular weight is 348 g/mol. The molecule has 0 aliphatic carbocycles. The number of anilines is 1.